The quantitative estimate of drug-likeness (QED) is 0.729. The molecule has 6 heteroatoms. The fourth-order valence-electron chi connectivity index (χ4n) is 2.15. The lowest BCUT2D eigenvalue weighted by Crippen LogP contribution is -2.52. The predicted octanol–water partition coefficient (Wildman–Crippen LogP) is 0.611. The van der Waals surface area contributed by atoms with Crippen LogP contribution >= 0.6 is 0 Å². The highest BCUT2D eigenvalue weighted by Gasteiger charge is 2.23. The van der Waals surface area contributed by atoms with Crippen molar-refractivity contribution in [3.05, 3.63) is 29.8 Å². The molecule has 4 N–H and O–H groups in total. The molecule has 1 aliphatic heterocycles. The van der Waals surface area contributed by atoms with E-state index in [2.05, 4.69) is 10.6 Å². The van der Waals surface area contributed by atoms with Crippen molar-refractivity contribution in [2.75, 3.05) is 25.0 Å². The second-order valence-electron chi connectivity index (χ2n) is 4.62. The van der Waals surface area contributed by atoms with Crippen molar-refractivity contribution < 1.29 is 9.59 Å². The monoisotopic (exact) mass is 262 g/mol. The minimum atomic E-state index is -0.616. The summed E-state index contributed by atoms with van der Waals surface area (Å²) in [4.78, 5) is 24.9. The molecule has 0 spiro atoms. The number of hydrogen-bond acceptors (Lipinski definition) is 3. The molecule has 0 radical (unpaired) electrons. The number of anilines is 1. The van der Waals surface area contributed by atoms with Crippen molar-refractivity contribution in [2.24, 2.45) is 5.73 Å². The van der Waals surface area contributed by atoms with Crippen molar-refractivity contribution in [3.8, 4) is 0 Å². The largest absolute Gasteiger partial charge is 0.351 e. The van der Waals surface area contributed by atoms with Gasteiger partial charge in [-0.2, -0.15) is 0 Å². The molecule has 0 unspecified atom stereocenters. The zero-order chi connectivity index (χ0) is 13.8. The van der Waals surface area contributed by atoms with E-state index in [4.69, 9.17) is 5.73 Å². The maximum Gasteiger partial charge on any atom is 0.316 e. The van der Waals surface area contributed by atoms with Gasteiger partial charge in [0.15, 0.2) is 0 Å². The van der Waals surface area contributed by atoms with Crippen LogP contribution in [0.15, 0.2) is 24.3 Å². The molecule has 0 aromatic heterocycles. The summed E-state index contributed by atoms with van der Waals surface area (Å²) in [6.07, 6.45) is 0. The van der Waals surface area contributed by atoms with Gasteiger partial charge in [-0.25, -0.2) is 4.79 Å². The molecule has 102 valence electrons. The number of nitrogens with one attached hydrogen (secondary N) is 2. The average Bonchev–Trinajstić information content (AvgIpc) is 2.39. The number of carbonyl (C=O) groups is 2. The second kappa shape index (κ2) is 5.71. The van der Waals surface area contributed by atoms with Crippen molar-refractivity contribution in [3.63, 3.8) is 0 Å². The molecule has 1 aromatic rings. The van der Waals surface area contributed by atoms with Gasteiger partial charge in [-0.1, -0.05) is 0 Å². The SMILES string of the molecule is C[C@@H]1CNCCN1C(=O)c1ccc(NC(N)=O)cc1. The van der Waals surface area contributed by atoms with E-state index in [1.165, 1.54) is 0 Å². The maximum atomic E-state index is 12.3. The third-order valence-corrected chi connectivity index (χ3v) is 3.16. The smallest absolute Gasteiger partial charge is 0.316 e. The van der Waals surface area contributed by atoms with Crippen LogP contribution in [0.4, 0.5) is 10.5 Å². The molecular weight excluding hydrogens is 244 g/mol. The van der Waals surface area contributed by atoms with Crippen molar-refractivity contribution >= 4 is 17.6 Å². The van der Waals surface area contributed by atoms with E-state index in [0.717, 1.165) is 13.1 Å². The minimum absolute atomic E-state index is 0.0135. The van der Waals surface area contributed by atoms with Gasteiger partial charge < -0.3 is 21.3 Å². The number of nitrogens with two attached hydrogens (primary N) is 1. The highest BCUT2D eigenvalue weighted by molar-refractivity contribution is 5.95. The van der Waals surface area contributed by atoms with Gasteiger partial charge in [0.25, 0.3) is 5.91 Å². The van der Waals surface area contributed by atoms with E-state index < -0.39 is 6.03 Å². The Kier molecular flexibility index (Phi) is 4.01. The topological polar surface area (TPSA) is 87.5 Å². The van der Waals surface area contributed by atoms with Gasteiger partial charge in [-0.05, 0) is 31.2 Å². The number of hydrogen-bond donors (Lipinski definition) is 3. The normalized spacial score (nSPS) is 19.0. The van der Waals surface area contributed by atoms with Crippen LogP contribution in [0.2, 0.25) is 0 Å². The molecule has 1 atom stereocenters. The van der Waals surface area contributed by atoms with Gasteiger partial charge in [-0.15, -0.1) is 0 Å². The number of rotatable bonds is 2. The van der Waals surface area contributed by atoms with Gasteiger partial charge in [0, 0.05) is 36.9 Å². The van der Waals surface area contributed by atoms with E-state index >= 15 is 0 Å². The van der Waals surface area contributed by atoms with Crippen LogP contribution in [0, 0.1) is 0 Å². The lowest BCUT2D eigenvalue weighted by Gasteiger charge is -2.34. The Morgan fingerprint density at radius 2 is 2.05 bits per heavy atom. The summed E-state index contributed by atoms with van der Waals surface area (Å²) in [5.74, 6) is 0.0135. The lowest BCUT2D eigenvalue weighted by atomic mass is 10.1. The Balaban J connectivity index is 2.08. The Hall–Kier alpha value is -2.08. The molecule has 3 amide bonds. The fourth-order valence-corrected chi connectivity index (χ4v) is 2.15. The minimum Gasteiger partial charge on any atom is -0.351 e. The average molecular weight is 262 g/mol. The molecule has 2 rings (SSSR count). The zero-order valence-corrected chi connectivity index (χ0v) is 10.8. The highest BCUT2D eigenvalue weighted by atomic mass is 16.2. The molecule has 1 fully saturated rings. The Morgan fingerprint density at radius 3 is 2.63 bits per heavy atom. The molecule has 1 heterocycles. The number of amides is 3. The molecule has 0 saturated carbocycles. The van der Waals surface area contributed by atoms with Crippen LogP contribution in [0.25, 0.3) is 0 Å². The molecule has 0 aliphatic carbocycles. The number of benzene rings is 1. The number of piperazine rings is 1. The van der Waals surface area contributed by atoms with Crippen LogP contribution in [-0.2, 0) is 0 Å². The van der Waals surface area contributed by atoms with E-state index in [9.17, 15) is 9.59 Å². The molecular formula is C13H18N4O2. The summed E-state index contributed by atoms with van der Waals surface area (Å²) in [5, 5.41) is 5.71. The van der Waals surface area contributed by atoms with Gasteiger partial charge in [0.1, 0.15) is 0 Å². The van der Waals surface area contributed by atoms with Crippen LogP contribution < -0.4 is 16.4 Å². The summed E-state index contributed by atoms with van der Waals surface area (Å²) >= 11 is 0. The van der Waals surface area contributed by atoms with Crippen molar-refractivity contribution in [1.82, 2.24) is 10.2 Å². The first kappa shape index (κ1) is 13.4. The Labute approximate surface area is 112 Å². The summed E-state index contributed by atoms with van der Waals surface area (Å²) in [7, 11) is 0. The Morgan fingerprint density at radius 1 is 1.37 bits per heavy atom. The van der Waals surface area contributed by atoms with Crippen LogP contribution in [0.1, 0.15) is 17.3 Å². The van der Waals surface area contributed by atoms with Crippen LogP contribution in [-0.4, -0.2) is 42.5 Å². The van der Waals surface area contributed by atoms with Crippen LogP contribution in [0.3, 0.4) is 0 Å². The van der Waals surface area contributed by atoms with E-state index in [-0.39, 0.29) is 11.9 Å². The first-order valence-electron chi connectivity index (χ1n) is 6.26. The van der Waals surface area contributed by atoms with Crippen LogP contribution in [0.5, 0.6) is 0 Å². The Bertz CT molecular complexity index is 472. The fraction of sp³-hybridized carbons (Fsp3) is 0.385. The summed E-state index contributed by atoms with van der Waals surface area (Å²) in [5.41, 5.74) is 6.22. The van der Waals surface area contributed by atoms with E-state index in [1.54, 1.807) is 24.3 Å². The van der Waals surface area contributed by atoms with E-state index in [1.807, 2.05) is 11.8 Å². The number of primary amides is 1. The predicted molar refractivity (Wildman–Crippen MR) is 73.0 cm³/mol. The van der Waals surface area contributed by atoms with Crippen molar-refractivity contribution in [1.29, 1.82) is 0 Å². The molecule has 1 aromatic carbocycles. The zero-order valence-electron chi connectivity index (χ0n) is 10.8. The number of nitrogens with zero attached hydrogens (tertiary/aromatic N) is 1. The maximum absolute atomic E-state index is 12.3. The number of carbonyl (C=O) groups excluding carboxylic acids is 2. The second-order valence-corrected chi connectivity index (χ2v) is 4.62. The summed E-state index contributed by atoms with van der Waals surface area (Å²) < 4.78 is 0. The summed E-state index contributed by atoms with van der Waals surface area (Å²) in [6.45, 7) is 4.36. The van der Waals surface area contributed by atoms with Gasteiger partial charge in [0.05, 0.1) is 0 Å². The van der Waals surface area contributed by atoms with Gasteiger partial charge in [0.2, 0.25) is 0 Å². The van der Waals surface area contributed by atoms with E-state index in [0.29, 0.717) is 17.8 Å². The van der Waals surface area contributed by atoms with Crippen molar-refractivity contribution in [2.45, 2.75) is 13.0 Å². The summed E-state index contributed by atoms with van der Waals surface area (Å²) in [6, 6.07) is 6.31. The highest BCUT2D eigenvalue weighted by Crippen LogP contribution is 2.13. The molecule has 1 saturated heterocycles. The third-order valence-electron chi connectivity index (χ3n) is 3.16. The molecule has 1 aliphatic rings. The molecule has 19 heavy (non-hydrogen) atoms. The lowest BCUT2D eigenvalue weighted by molar-refractivity contribution is 0.0656. The first-order chi connectivity index (χ1) is 9.08. The van der Waals surface area contributed by atoms with Gasteiger partial charge >= 0.3 is 6.03 Å². The van der Waals surface area contributed by atoms with Gasteiger partial charge in [-0.3, -0.25) is 4.79 Å². The first-order valence-corrected chi connectivity index (χ1v) is 6.26. The molecule has 6 nitrogen and oxygen atoms in total. The third kappa shape index (κ3) is 3.23. The number of urea groups is 1. The standard InChI is InChI=1S/C13H18N4O2/c1-9-8-15-6-7-17(9)12(18)10-2-4-11(5-3-10)16-13(14)19/h2-5,9,15H,6-8H2,1H3,(H3,14,16,19)/t9-/m1/s1. The molecule has 0 bridgehead atoms.